The average Bonchev–Trinajstić information content (AvgIpc) is 2.25. The molecule has 0 saturated carbocycles. The van der Waals surface area contributed by atoms with Crippen LogP contribution in [0.15, 0.2) is 0 Å². The average molecular weight is 261 g/mol. The van der Waals surface area contributed by atoms with Gasteiger partial charge >= 0.3 is 6.03 Å². The highest BCUT2D eigenvalue weighted by Crippen LogP contribution is 2.03. The summed E-state index contributed by atoms with van der Waals surface area (Å²) in [5.41, 5.74) is 5.02. The number of carbonyl (C=O) groups is 2. The Kier molecular flexibility index (Phi) is 8.06. The highest BCUT2D eigenvalue weighted by molar-refractivity contribution is 5.86. The molecule has 0 rings (SSSR count). The minimum atomic E-state index is -0.741. The summed E-state index contributed by atoms with van der Waals surface area (Å²) in [7, 11) is 1.51. The highest BCUT2D eigenvalue weighted by Gasteiger charge is 2.25. The van der Waals surface area contributed by atoms with E-state index >= 15 is 0 Å². The largest absolute Gasteiger partial charge is 0.396 e. The predicted molar refractivity (Wildman–Crippen MR) is 66.9 cm³/mol. The molecule has 0 aromatic rings. The highest BCUT2D eigenvalue weighted by atomic mass is 16.5. The SMILES string of the molecule is COCC(CCO)NC(=O)C(NC(N)=O)C(C)C. The Morgan fingerprint density at radius 3 is 2.33 bits per heavy atom. The van der Waals surface area contributed by atoms with Crippen molar-refractivity contribution in [3.05, 3.63) is 0 Å². The first-order valence-corrected chi connectivity index (χ1v) is 5.88. The molecule has 0 heterocycles. The van der Waals surface area contributed by atoms with Crippen LogP contribution in [0.4, 0.5) is 4.79 Å². The molecule has 18 heavy (non-hydrogen) atoms. The molecule has 0 aromatic carbocycles. The van der Waals surface area contributed by atoms with E-state index in [4.69, 9.17) is 15.6 Å². The third-order valence-electron chi connectivity index (χ3n) is 2.44. The fourth-order valence-electron chi connectivity index (χ4n) is 1.53. The number of methoxy groups -OCH3 is 1. The fourth-order valence-corrected chi connectivity index (χ4v) is 1.53. The Morgan fingerprint density at radius 2 is 1.94 bits per heavy atom. The second-order valence-electron chi connectivity index (χ2n) is 4.40. The molecule has 0 aliphatic carbocycles. The lowest BCUT2D eigenvalue weighted by Crippen LogP contribution is -2.54. The monoisotopic (exact) mass is 261 g/mol. The lowest BCUT2D eigenvalue weighted by molar-refractivity contribution is -0.125. The van der Waals surface area contributed by atoms with Crippen LogP contribution in [0.2, 0.25) is 0 Å². The first-order chi connectivity index (χ1) is 8.42. The standard InChI is InChI=1S/C11H23N3O4/c1-7(2)9(14-11(12)17)10(16)13-8(4-5-15)6-18-3/h7-9,15H,4-6H2,1-3H3,(H,13,16)(H3,12,14,17). The van der Waals surface area contributed by atoms with Crippen molar-refractivity contribution in [2.45, 2.75) is 32.4 Å². The first kappa shape index (κ1) is 16.7. The zero-order valence-corrected chi connectivity index (χ0v) is 11.1. The molecular weight excluding hydrogens is 238 g/mol. The number of aliphatic hydroxyl groups is 1. The van der Waals surface area contributed by atoms with E-state index in [2.05, 4.69) is 10.6 Å². The van der Waals surface area contributed by atoms with E-state index in [0.717, 1.165) is 0 Å². The Morgan fingerprint density at radius 1 is 1.33 bits per heavy atom. The van der Waals surface area contributed by atoms with Crippen LogP contribution in [0.1, 0.15) is 20.3 Å². The van der Waals surface area contributed by atoms with Crippen LogP contribution in [0.25, 0.3) is 0 Å². The maximum absolute atomic E-state index is 12.0. The molecular formula is C11H23N3O4. The quantitative estimate of drug-likeness (QED) is 0.457. The van der Waals surface area contributed by atoms with Crippen molar-refractivity contribution >= 4 is 11.9 Å². The van der Waals surface area contributed by atoms with Gasteiger partial charge in [-0.2, -0.15) is 0 Å². The maximum Gasteiger partial charge on any atom is 0.312 e. The van der Waals surface area contributed by atoms with Gasteiger partial charge in [0.2, 0.25) is 5.91 Å². The fraction of sp³-hybridized carbons (Fsp3) is 0.818. The summed E-state index contributed by atoms with van der Waals surface area (Å²) >= 11 is 0. The number of hydrogen-bond donors (Lipinski definition) is 4. The Balaban J connectivity index is 4.50. The molecule has 0 fully saturated rings. The van der Waals surface area contributed by atoms with Gasteiger partial charge in [-0.25, -0.2) is 4.79 Å². The van der Waals surface area contributed by atoms with Crippen molar-refractivity contribution in [1.29, 1.82) is 0 Å². The van der Waals surface area contributed by atoms with E-state index in [0.29, 0.717) is 13.0 Å². The first-order valence-electron chi connectivity index (χ1n) is 5.88. The lowest BCUT2D eigenvalue weighted by atomic mass is 10.0. The summed E-state index contributed by atoms with van der Waals surface area (Å²) in [6.07, 6.45) is 0.390. The second kappa shape index (κ2) is 8.71. The van der Waals surface area contributed by atoms with Gasteiger partial charge in [0.25, 0.3) is 0 Å². The van der Waals surface area contributed by atoms with E-state index in [1.165, 1.54) is 7.11 Å². The number of primary amides is 1. The van der Waals surface area contributed by atoms with Gasteiger partial charge in [-0.05, 0) is 12.3 Å². The number of rotatable bonds is 8. The molecule has 0 bridgehead atoms. The topological polar surface area (TPSA) is 114 Å². The number of amides is 3. The number of aliphatic hydroxyl groups excluding tert-OH is 1. The number of urea groups is 1. The van der Waals surface area contributed by atoms with Gasteiger partial charge in [-0.1, -0.05) is 13.8 Å². The Labute approximate surface area is 107 Å². The number of nitrogens with two attached hydrogens (primary N) is 1. The van der Waals surface area contributed by atoms with E-state index in [-0.39, 0.29) is 24.5 Å². The minimum Gasteiger partial charge on any atom is -0.396 e. The van der Waals surface area contributed by atoms with Crippen LogP contribution < -0.4 is 16.4 Å². The number of carbonyl (C=O) groups excluding carboxylic acids is 2. The smallest absolute Gasteiger partial charge is 0.312 e. The maximum atomic E-state index is 12.0. The summed E-state index contributed by atoms with van der Waals surface area (Å²) in [6, 6.07) is -1.72. The summed E-state index contributed by atoms with van der Waals surface area (Å²) in [5, 5.41) is 14.0. The molecule has 0 aromatic heterocycles. The summed E-state index contributed by atoms with van der Waals surface area (Å²) < 4.78 is 4.94. The van der Waals surface area contributed by atoms with Crippen molar-refractivity contribution in [3.63, 3.8) is 0 Å². The van der Waals surface area contributed by atoms with Gasteiger partial charge in [-0.15, -0.1) is 0 Å². The van der Waals surface area contributed by atoms with Crippen molar-refractivity contribution in [2.24, 2.45) is 11.7 Å². The summed E-state index contributed by atoms with van der Waals surface area (Å²) in [4.78, 5) is 22.8. The molecule has 106 valence electrons. The van der Waals surface area contributed by atoms with Crippen LogP contribution >= 0.6 is 0 Å². The molecule has 0 saturated heterocycles. The Bertz CT molecular complexity index is 265. The van der Waals surface area contributed by atoms with Crippen LogP contribution in [0, 0.1) is 5.92 Å². The van der Waals surface area contributed by atoms with Gasteiger partial charge in [0.05, 0.1) is 12.6 Å². The molecule has 7 heteroatoms. The van der Waals surface area contributed by atoms with E-state index in [1.54, 1.807) is 13.8 Å². The molecule has 0 radical (unpaired) electrons. The predicted octanol–water partition coefficient (Wildman–Crippen LogP) is -0.807. The molecule has 5 N–H and O–H groups in total. The third kappa shape index (κ3) is 6.41. The van der Waals surface area contributed by atoms with Crippen molar-refractivity contribution in [3.8, 4) is 0 Å². The molecule has 2 atom stereocenters. The van der Waals surface area contributed by atoms with E-state index in [9.17, 15) is 9.59 Å². The second-order valence-corrected chi connectivity index (χ2v) is 4.40. The molecule has 0 spiro atoms. The Hall–Kier alpha value is -1.34. The van der Waals surface area contributed by atoms with Crippen molar-refractivity contribution < 1.29 is 19.4 Å². The van der Waals surface area contributed by atoms with Gasteiger partial charge in [0.15, 0.2) is 0 Å². The van der Waals surface area contributed by atoms with Gasteiger partial charge in [-0.3, -0.25) is 4.79 Å². The zero-order valence-electron chi connectivity index (χ0n) is 11.1. The van der Waals surface area contributed by atoms with Crippen molar-refractivity contribution in [2.75, 3.05) is 20.3 Å². The molecule has 3 amide bonds. The molecule has 7 nitrogen and oxygen atoms in total. The number of ether oxygens (including phenoxy) is 1. The third-order valence-corrected chi connectivity index (χ3v) is 2.44. The molecule has 2 unspecified atom stereocenters. The molecule has 0 aliphatic heterocycles. The van der Waals surface area contributed by atoms with Crippen molar-refractivity contribution in [1.82, 2.24) is 10.6 Å². The van der Waals surface area contributed by atoms with E-state index in [1.807, 2.05) is 0 Å². The normalized spacial score (nSPS) is 14.1. The van der Waals surface area contributed by atoms with E-state index < -0.39 is 12.1 Å². The summed E-state index contributed by atoms with van der Waals surface area (Å²) in [6.45, 7) is 3.85. The van der Waals surface area contributed by atoms with Gasteiger partial charge in [0.1, 0.15) is 6.04 Å². The number of hydrogen-bond acceptors (Lipinski definition) is 4. The van der Waals surface area contributed by atoms with Gasteiger partial charge < -0.3 is 26.2 Å². The lowest BCUT2D eigenvalue weighted by Gasteiger charge is -2.24. The molecule has 0 aliphatic rings. The van der Waals surface area contributed by atoms with Crippen LogP contribution in [0.3, 0.4) is 0 Å². The van der Waals surface area contributed by atoms with Crippen LogP contribution in [-0.2, 0) is 9.53 Å². The summed E-state index contributed by atoms with van der Waals surface area (Å²) in [5.74, 6) is -0.422. The minimum absolute atomic E-state index is 0.0517. The van der Waals surface area contributed by atoms with Gasteiger partial charge in [0, 0.05) is 13.7 Å². The van der Waals surface area contributed by atoms with Crippen LogP contribution in [0.5, 0.6) is 0 Å². The zero-order chi connectivity index (χ0) is 14.1. The van der Waals surface area contributed by atoms with Crippen LogP contribution in [-0.4, -0.2) is 49.5 Å². The number of nitrogens with one attached hydrogen (secondary N) is 2.